The molecule has 6 heteroatoms. The van der Waals surface area contributed by atoms with Crippen LogP contribution in [-0.2, 0) is 0 Å². The van der Waals surface area contributed by atoms with Crippen molar-refractivity contribution in [2.75, 3.05) is 12.1 Å². The molecule has 0 aliphatic carbocycles. The number of aryl methyl sites for hydroxylation is 1. The van der Waals surface area contributed by atoms with Crippen LogP contribution in [0.1, 0.15) is 29.2 Å². The fourth-order valence-corrected chi connectivity index (χ4v) is 4.64. The lowest BCUT2D eigenvalue weighted by Gasteiger charge is -2.20. The number of aromatic nitrogens is 2. The van der Waals surface area contributed by atoms with Gasteiger partial charge in [-0.15, -0.1) is 11.3 Å². The Labute approximate surface area is 185 Å². The molecule has 1 aliphatic rings. The molecule has 0 N–H and O–H groups in total. The summed E-state index contributed by atoms with van der Waals surface area (Å²) in [5, 5.41) is 10.0. The van der Waals surface area contributed by atoms with Crippen LogP contribution in [0.15, 0.2) is 83.5 Å². The number of methoxy groups -OCH3 is 1. The van der Waals surface area contributed by atoms with Crippen molar-refractivity contribution in [3.63, 3.8) is 0 Å². The molecule has 5 rings (SSSR count). The molecule has 0 spiro atoms. The maximum absolute atomic E-state index is 5.37. The molecular weight excluding hydrogens is 404 g/mol. The largest absolute Gasteiger partial charge is 0.497 e. The highest BCUT2D eigenvalue weighted by Crippen LogP contribution is 2.39. The summed E-state index contributed by atoms with van der Waals surface area (Å²) < 4.78 is 5.37. The van der Waals surface area contributed by atoms with Crippen molar-refractivity contribution in [3.8, 4) is 17.0 Å². The monoisotopic (exact) mass is 426 g/mol. The molecule has 0 amide bonds. The van der Waals surface area contributed by atoms with E-state index < -0.39 is 0 Å². The molecule has 5 nitrogen and oxygen atoms in total. The molecule has 0 fully saturated rings. The Bertz CT molecular complexity index is 1240. The molecule has 0 saturated carbocycles. The molecule has 1 unspecified atom stereocenters. The molecule has 2 aromatic heterocycles. The van der Waals surface area contributed by atoms with E-state index >= 15 is 0 Å². The summed E-state index contributed by atoms with van der Waals surface area (Å²) >= 11 is 1.60. The molecule has 0 radical (unpaired) electrons. The summed E-state index contributed by atoms with van der Waals surface area (Å²) in [6.45, 7) is 2.11. The van der Waals surface area contributed by atoms with Gasteiger partial charge >= 0.3 is 0 Å². The third-order valence-corrected chi connectivity index (χ3v) is 6.21. The molecule has 31 heavy (non-hydrogen) atoms. The minimum atomic E-state index is 0.0634. The first kappa shape index (κ1) is 19.5. The van der Waals surface area contributed by atoms with Gasteiger partial charge < -0.3 is 4.74 Å². The van der Waals surface area contributed by atoms with Crippen molar-refractivity contribution >= 4 is 22.2 Å². The maximum Gasteiger partial charge on any atom is 0.207 e. The van der Waals surface area contributed by atoms with Crippen LogP contribution < -0.4 is 9.75 Å². The fourth-order valence-electron chi connectivity index (χ4n) is 3.80. The summed E-state index contributed by atoms with van der Waals surface area (Å²) in [6, 6.07) is 20.6. The third-order valence-electron chi connectivity index (χ3n) is 5.38. The lowest BCUT2D eigenvalue weighted by Crippen LogP contribution is -2.18. The van der Waals surface area contributed by atoms with Gasteiger partial charge in [0, 0.05) is 29.8 Å². The second-order valence-electron chi connectivity index (χ2n) is 7.51. The number of benzene rings is 2. The summed E-state index contributed by atoms with van der Waals surface area (Å²) in [5.74, 6) is 0.821. The summed E-state index contributed by atoms with van der Waals surface area (Å²) in [7, 11) is 1.68. The smallest absolute Gasteiger partial charge is 0.207 e. The molecule has 1 atom stereocenters. The second kappa shape index (κ2) is 8.32. The number of pyridine rings is 1. The first-order valence-corrected chi connectivity index (χ1v) is 11.0. The number of nitrogens with zero attached hydrogens (tertiary/aromatic N) is 4. The first-order valence-electron chi connectivity index (χ1n) is 10.1. The van der Waals surface area contributed by atoms with Gasteiger partial charge in [-0.05, 0) is 36.2 Å². The van der Waals surface area contributed by atoms with Gasteiger partial charge in [0.15, 0.2) is 0 Å². The van der Waals surface area contributed by atoms with Crippen molar-refractivity contribution in [2.45, 2.75) is 19.4 Å². The van der Waals surface area contributed by atoms with Gasteiger partial charge in [-0.1, -0.05) is 48.0 Å². The number of anilines is 1. The topological polar surface area (TPSA) is 50.6 Å². The van der Waals surface area contributed by atoms with E-state index in [1.165, 1.54) is 5.56 Å². The summed E-state index contributed by atoms with van der Waals surface area (Å²) in [4.78, 5) is 9.25. The Kier molecular flexibility index (Phi) is 5.22. The van der Waals surface area contributed by atoms with Crippen molar-refractivity contribution < 1.29 is 4.74 Å². The Morgan fingerprint density at radius 3 is 2.71 bits per heavy atom. The molecule has 154 valence electrons. The van der Waals surface area contributed by atoms with Gasteiger partial charge in [0.1, 0.15) is 5.75 Å². The number of rotatable bonds is 5. The highest BCUT2D eigenvalue weighted by Gasteiger charge is 2.32. The standard InChI is InChI=1S/C25H22N4OS/c1-17-6-3-7-18(12-17)22-14-24(20-9-5-11-26-15-20)29(28-22)25-27-23(16-31-25)19-8-4-10-21(13-19)30-2/h3-13,15-16,24H,14H2,1-2H3. The average Bonchev–Trinajstić information content (AvgIpc) is 3.47. The van der Waals surface area contributed by atoms with Crippen LogP contribution in [0, 0.1) is 6.92 Å². The molecule has 3 heterocycles. The van der Waals surface area contributed by atoms with Crippen LogP contribution in [0.5, 0.6) is 5.75 Å². The van der Waals surface area contributed by atoms with Crippen LogP contribution in [0.3, 0.4) is 0 Å². The van der Waals surface area contributed by atoms with E-state index in [0.29, 0.717) is 0 Å². The number of hydrogen-bond acceptors (Lipinski definition) is 6. The Morgan fingerprint density at radius 1 is 1.03 bits per heavy atom. The van der Waals surface area contributed by atoms with Gasteiger partial charge in [-0.25, -0.2) is 9.99 Å². The number of hydrogen-bond donors (Lipinski definition) is 0. The summed E-state index contributed by atoms with van der Waals surface area (Å²) in [6.07, 6.45) is 4.53. The van der Waals surface area contributed by atoms with Crippen molar-refractivity contribution in [1.82, 2.24) is 9.97 Å². The Balaban J connectivity index is 1.53. The highest BCUT2D eigenvalue weighted by atomic mass is 32.1. The van der Waals surface area contributed by atoms with Gasteiger partial charge in [-0.2, -0.15) is 5.10 Å². The maximum atomic E-state index is 5.37. The quantitative estimate of drug-likeness (QED) is 0.400. The van der Waals surface area contributed by atoms with Gasteiger partial charge in [0.25, 0.3) is 0 Å². The zero-order valence-corrected chi connectivity index (χ0v) is 18.2. The zero-order chi connectivity index (χ0) is 21.2. The second-order valence-corrected chi connectivity index (χ2v) is 8.35. The van der Waals surface area contributed by atoms with Crippen molar-refractivity contribution in [3.05, 3.63) is 95.1 Å². The van der Waals surface area contributed by atoms with E-state index in [4.69, 9.17) is 14.8 Å². The van der Waals surface area contributed by atoms with E-state index in [-0.39, 0.29) is 6.04 Å². The van der Waals surface area contributed by atoms with Gasteiger partial charge in [-0.3, -0.25) is 4.98 Å². The number of hydrazone groups is 1. The van der Waals surface area contributed by atoms with Gasteiger partial charge in [0.05, 0.1) is 24.6 Å². The Hall–Kier alpha value is -3.51. The van der Waals surface area contributed by atoms with Crippen LogP contribution in [-0.4, -0.2) is 22.8 Å². The lowest BCUT2D eigenvalue weighted by atomic mass is 9.99. The molecule has 2 aromatic carbocycles. The minimum absolute atomic E-state index is 0.0634. The van der Waals surface area contributed by atoms with Crippen LogP contribution in [0.25, 0.3) is 11.3 Å². The molecule has 0 saturated heterocycles. The van der Waals surface area contributed by atoms with Crippen LogP contribution in [0.2, 0.25) is 0 Å². The fraction of sp³-hybridized carbons (Fsp3) is 0.160. The van der Waals surface area contributed by atoms with E-state index in [0.717, 1.165) is 45.4 Å². The number of thiazole rings is 1. The van der Waals surface area contributed by atoms with Crippen LogP contribution in [0.4, 0.5) is 5.13 Å². The van der Waals surface area contributed by atoms with E-state index in [2.05, 4.69) is 47.6 Å². The van der Waals surface area contributed by atoms with Crippen molar-refractivity contribution in [1.29, 1.82) is 0 Å². The third kappa shape index (κ3) is 3.94. The van der Waals surface area contributed by atoms with Crippen molar-refractivity contribution in [2.24, 2.45) is 5.10 Å². The van der Waals surface area contributed by atoms with Crippen LogP contribution >= 0.6 is 11.3 Å². The Morgan fingerprint density at radius 2 is 1.90 bits per heavy atom. The predicted octanol–water partition coefficient (Wildman–Crippen LogP) is 5.88. The molecule has 0 bridgehead atoms. The SMILES string of the molecule is COc1cccc(-c2csc(N3N=C(c4cccc(C)c4)CC3c3cccnc3)n2)c1. The number of ether oxygens (including phenoxy) is 1. The molecular formula is C25H22N4OS. The highest BCUT2D eigenvalue weighted by molar-refractivity contribution is 7.14. The lowest BCUT2D eigenvalue weighted by molar-refractivity contribution is 0.415. The zero-order valence-electron chi connectivity index (χ0n) is 17.4. The normalized spacial score (nSPS) is 15.7. The van der Waals surface area contributed by atoms with E-state index in [9.17, 15) is 0 Å². The molecule has 1 aliphatic heterocycles. The van der Waals surface area contributed by atoms with E-state index in [1.807, 2.05) is 41.5 Å². The summed E-state index contributed by atoms with van der Waals surface area (Å²) in [5.41, 5.74) is 6.53. The predicted molar refractivity (Wildman–Crippen MR) is 126 cm³/mol. The first-order chi connectivity index (χ1) is 15.2. The average molecular weight is 427 g/mol. The minimum Gasteiger partial charge on any atom is -0.497 e. The van der Waals surface area contributed by atoms with Gasteiger partial charge in [0.2, 0.25) is 5.13 Å². The van der Waals surface area contributed by atoms with E-state index in [1.54, 1.807) is 24.6 Å². The molecule has 4 aromatic rings.